The summed E-state index contributed by atoms with van der Waals surface area (Å²) in [5, 5.41) is 18.4. The van der Waals surface area contributed by atoms with Gasteiger partial charge >= 0.3 is 0 Å². The number of hydrogen-bond donors (Lipinski definition) is 3. The van der Waals surface area contributed by atoms with Crippen LogP contribution < -0.4 is 10.6 Å². The van der Waals surface area contributed by atoms with E-state index < -0.39 is 0 Å². The van der Waals surface area contributed by atoms with Crippen molar-refractivity contribution < 1.29 is 14.4 Å². The molecule has 1 unspecified atom stereocenters. The maximum atomic E-state index is 11.8. The van der Waals surface area contributed by atoms with Gasteiger partial charge in [0.25, 0.3) is 5.91 Å². The number of nitrogens with one attached hydrogen (secondary N) is 2. The highest BCUT2D eigenvalue weighted by Gasteiger charge is 2.23. The number of hydrogen-bond acceptors (Lipinski definition) is 5. The molecule has 3 N–H and O–H groups in total. The lowest BCUT2D eigenvalue weighted by Crippen LogP contribution is -2.41. The second-order valence-electron chi connectivity index (χ2n) is 4.71. The van der Waals surface area contributed by atoms with Gasteiger partial charge in [-0.2, -0.15) is 0 Å². The summed E-state index contributed by atoms with van der Waals surface area (Å²) in [5.74, 6) is 0.00264. The highest BCUT2D eigenvalue weighted by molar-refractivity contribution is 5.92. The number of carbonyl (C=O) groups excluding carboxylic acids is 1. The Kier molecular flexibility index (Phi) is 5.30. The average Bonchev–Trinajstić information content (AvgIpc) is 2.85. The van der Waals surface area contributed by atoms with Crippen molar-refractivity contribution in [3.8, 4) is 0 Å². The van der Waals surface area contributed by atoms with E-state index in [1.165, 1.54) is 6.07 Å². The van der Waals surface area contributed by atoms with Crippen molar-refractivity contribution in [1.29, 1.82) is 0 Å². The van der Waals surface area contributed by atoms with Crippen LogP contribution in [0.3, 0.4) is 0 Å². The zero-order chi connectivity index (χ0) is 13.6. The lowest BCUT2D eigenvalue weighted by atomic mass is 9.87. The quantitative estimate of drug-likeness (QED) is 0.661. The molecule has 1 atom stereocenters. The van der Waals surface area contributed by atoms with E-state index in [0.29, 0.717) is 6.54 Å². The molecule has 0 fully saturated rings. The molecule has 6 nitrogen and oxygen atoms in total. The van der Waals surface area contributed by atoms with E-state index in [1.54, 1.807) is 0 Å². The Bertz CT molecular complexity index is 392. The fourth-order valence-corrected chi connectivity index (χ4v) is 1.62. The number of rotatable bonds is 7. The van der Waals surface area contributed by atoms with E-state index in [-0.39, 0.29) is 29.4 Å². The van der Waals surface area contributed by atoms with E-state index in [1.807, 2.05) is 7.05 Å². The lowest BCUT2D eigenvalue weighted by molar-refractivity contribution is 0.0922. The second kappa shape index (κ2) is 6.51. The number of aromatic nitrogens is 1. The minimum atomic E-state index is -0.283. The first kappa shape index (κ1) is 14.7. The fourth-order valence-electron chi connectivity index (χ4n) is 1.62. The minimum absolute atomic E-state index is 0.00789. The molecule has 0 bridgehead atoms. The van der Waals surface area contributed by atoms with Crippen LogP contribution in [0.2, 0.25) is 0 Å². The number of aliphatic hydroxyl groups is 1. The minimum Gasteiger partial charge on any atom is -0.388 e. The Labute approximate surface area is 107 Å². The Balaban J connectivity index is 2.54. The van der Waals surface area contributed by atoms with Gasteiger partial charge in [0.2, 0.25) is 0 Å². The Hall–Kier alpha value is -1.40. The van der Waals surface area contributed by atoms with Crippen LogP contribution in [0.4, 0.5) is 0 Å². The summed E-state index contributed by atoms with van der Waals surface area (Å²) in [7, 11) is 1.89. The van der Waals surface area contributed by atoms with Crippen molar-refractivity contribution in [2.75, 3.05) is 20.1 Å². The van der Waals surface area contributed by atoms with Crippen LogP contribution in [0.25, 0.3) is 0 Å². The number of amides is 1. The number of nitrogens with zero attached hydrogens (tertiary/aromatic N) is 1. The molecule has 1 heterocycles. The molecular weight excluding hydrogens is 234 g/mol. The van der Waals surface area contributed by atoms with Gasteiger partial charge in [0.1, 0.15) is 6.61 Å². The molecule has 0 spiro atoms. The van der Waals surface area contributed by atoms with Crippen LogP contribution >= 0.6 is 0 Å². The summed E-state index contributed by atoms with van der Waals surface area (Å²) in [6.07, 6.45) is 0.953. The largest absolute Gasteiger partial charge is 0.388 e. The third-order valence-electron chi connectivity index (χ3n) is 3.08. The Morgan fingerprint density at radius 3 is 2.78 bits per heavy atom. The molecule has 1 amide bonds. The molecule has 0 saturated heterocycles. The van der Waals surface area contributed by atoms with Gasteiger partial charge in [-0.25, -0.2) is 0 Å². The molecule has 1 aromatic heterocycles. The molecule has 102 valence electrons. The van der Waals surface area contributed by atoms with Crippen molar-refractivity contribution in [3.05, 3.63) is 17.5 Å². The summed E-state index contributed by atoms with van der Waals surface area (Å²) in [4.78, 5) is 11.8. The van der Waals surface area contributed by atoms with Crippen molar-refractivity contribution in [2.45, 2.75) is 26.9 Å². The first-order valence-electron chi connectivity index (χ1n) is 6.04. The molecule has 0 aromatic carbocycles. The van der Waals surface area contributed by atoms with Crippen LogP contribution in [0, 0.1) is 5.41 Å². The Morgan fingerprint density at radius 1 is 1.56 bits per heavy atom. The van der Waals surface area contributed by atoms with Gasteiger partial charge in [0.05, 0.1) is 0 Å². The topological polar surface area (TPSA) is 87.4 Å². The third-order valence-corrected chi connectivity index (χ3v) is 3.08. The molecule has 0 aliphatic rings. The van der Waals surface area contributed by atoms with Crippen LogP contribution in [-0.4, -0.2) is 36.3 Å². The van der Waals surface area contributed by atoms with Crippen LogP contribution in [0.15, 0.2) is 10.6 Å². The second-order valence-corrected chi connectivity index (χ2v) is 4.71. The molecular formula is C12H21N3O3. The van der Waals surface area contributed by atoms with Crippen molar-refractivity contribution in [1.82, 2.24) is 15.8 Å². The number of carbonyl (C=O) groups is 1. The maximum absolute atomic E-state index is 11.8. The zero-order valence-electron chi connectivity index (χ0n) is 11.1. The molecule has 1 rings (SSSR count). The Morgan fingerprint density at radius 2 is 2.28 bits per heavy atom. The van der Waals surface area contributed by atoms with Gasteiger partial charge in [-0.05, 0) is 18.9 Å². The van der Waals surface area contributed by atoms with E-state index in [9.17, 15) is 4.79 Å². The monoisotopic (exact) mass is 255 g/mol. The smallest absolute Gasteiger partial charge is 0.273 e. The molecule has 6 heteroatoms. The summed E-state index contributed by atoms with van der Waals surface area (Å²) < 4.78 is 4.77. The summed E-state index contributed by atoms with van der Waals surface area (Å²) >= 11 is 0. The van der Waals surface area contributed by atoms with Gasteiger partial charge in [-0.15, -0.1) is 0 Å². The zero-order valence-corrected chi connectivity index (χ0v) is 11.1. The molecule has 1 aromatic rings. The fraction of sp³-hybridized carbons (Fsp3) is 0.667. The summed E-state index contributed by atoms with van der Waals surface area (Å²) in [6.45, 7) is 5.32. The molecule has 18 heavy (non-hydrogen) atoms. The normalized spacial score (nSPS) is 14.2. The van der Waals surface area contributed by atoms with Crippen molar-refractivity contribution in [2.24, 2.45) is 5.41 Å². The maximum Gasteiger partial charge on any atom is 0.273 e. The van der Waals surface area contributed by atoms with Crippen LogP contribution in [-0.2, 0) is 6.61 Å². The standard InChI is InChI=1S/C12H21N3O3/c1-4-12(2,7-13-3)8-14-11(17)10-5-9(6-16)18-15-10/h5,13,16H,4,6-8H2,1-3H3,(H,14,17). The van der Waals surface area contributed by atoms with E-state index in [2.05, 4.69) is 29.6 Å². The number of aliphatic hydroxyl groups excluding tert-OH is 1. The summed E-state index contributed by atoms with van der Waals surface area (Å²) in [6, 6.07) is 1.44. The predicted octanol–water partition coefficient (Wildman–Crippen LogP) is 0.532. The molecule has 0 saturated carbocycles. The predicted molar refractivity (Wildman–Crippen MR) is 67.1 cm³/mol. The molecule has 0 aliphatic heterocycles. The van der Waals surface area contributed by atoms with Gasteiger partial charge in [-0.1, -0.05) is 19.0 Å². The van der Waals surface area contributed by atoms with Crippen LogP contribution in [0.5, 0.6) is 0 Å². The summed E-state index contributed by atoms with van der Waals surface area (Å²) in [5.41, 5.74) is 0.204. The average molecular weight is 255 g/mol. The van der Waals surface area contributed by atoms with Crippen LogP contribution in [0.1, 0.15) is 36.5 Å². The van der Waals surface area contributed by atoms with Gasteiger partial charge in [-0.3, -0.25) is 4.79 Å². The lowest BCUT2D eigenvalue weighted by Gasteiger charge is -2.27. The van der Waals surface area contributed by atoms with E-state index in [4.69, 9.17) is 9.63 Å². The van der Waals surface area contributed by atoms with Gasteiger partial charge in [0.15, 0.2) is 11.5 Å². The highest BCUT2D eigenvalue weighted by Crippen LogP contribution is 2.18. The van der Waals surface area contributed by atoms with Gasteiger partial charge < -0.3 is 20.3 Å². The van der Waals surface area contributed by atoms with Gasteiger partial charge in [0, 0.05) is 19.2 Å². The van der Waals surface area contributed by atoms with Crippen molar-refractivity contribution in [3.63, 3.8) is 0 Å². The third kappa shape index (κ3) is 3.82. The van der Waals surface area contributed by atoms with Crippen molar-refractivity contribution >= 4 is 5.91 Å². The van der Waals surface area contributed by atoms with E-state index in [0.717, 1.165) is 13.0 Å². The molecule has 0 aliphatic carbocycles. The SMILES string of the molecule is CCC(C)(CNC)CNC(=O)c1cc(CO)on1. The first-order valence-corrected chi connectivity index (χ1v) is 6.04. The highest BCUT2D eigenvalue weighted by atomic mass is 16.5. The first-order chi connectivity index (χ1) is 8.54. The van der Waals surface area contributed by atoms with E-state index >= 15 is 0 Å². The molecule has 0 radical (unpaired) electrons.